The summed E-state index contributed by atoms with van der Waals surface area (Å²) in [6.45, 7) is 3.90. The smallest absolute Gasteiger partial charge is 0.305 e. The summed E-state index contributed by atoms with van der Waals surface area (Å²) in [5.41, 5.74) is 0.794. The maximum absolute atomic E-state index is 11.8. The quantitative estimate of drug-likeness (QED) is 0.843. The van der Waals surface area contributed by atoms with E-state index >= 15 is 0 Å². The molecular weight excluding hydrogens is 310 g/mol. The molecule has 2 N–H and O–H groups in total. The SMILES string of the molecule is CC(C)CC(=O)NC(CC(=O)O)c1ccc(Br)cc1. The summed E-state index contributed by atoms with van der Waals surface area (Å²) in [7, 11) is 0. The van der Waals surface area contributed by atoms with Crippen LogP contribution in [0.1, 0.15) is 38.3 Å². The Morgan fingerprint density at radius 3 is 2.26 bits per heavy atom. The first-order chi connectivity index (χ1) is 8.88. The van der Waals surface area contributed by atoms with Crippen molar-refractivity contribution >= 4 is 27.8 Å². The van der Waals surface area contributed by atoms with Crippen LogP contribution in [0.2, 0.25) is 0 Å². The van der Waals surface area contributed by atoms with Gasteiger partial charge < -0.3 is 10.4 Å². The Kier molecular flexibility index (Phi) is 6.02. The zero-order valence-electron chi connectivity index (χ0n) is 11.0. The van der Waals surface area contributed by atoms with Crippen molar-refractivity contribution in [3.63, 3.8) is 0 Å². The van der Waals surface area contributed by atoms with Crippen LogP contribution in [0.4, 0.5) is 0 Å². The molecule has 1 amide bonds. The fraction of sp³-hybridized carbons (Fsp3) is 0.429. The number of carbonyl (C=O) groups excluding carboxylic acids is 1. The van der Waals surface area contributed by atoms with Crippen molar-refractivity contribution in [2.24, 2.45) is 5.92 Å². The summed E-state index contributed by atoms with van der Waals surface area (Å²) in [5, 5.41) is 11.7. The molecule has 0 bridgehead atoms. The van der Waals surface area contributed by atoms with E-state index < -0.39 is 12.0 Å². The first kappa shape index (κ1) is 15.7. The minimum Gasteiger partial charge on any atom is -0.481 e. The Hall–Kier alpha value is -1.36. The molecule has 1 aromatic rings. The Morgan fingerprint density at radius 1 is 1.21 bits per heavy atom. The van der Waals surface area contributed by atoms with Crippen LogP contribution in [-0.4, -0.2) is 17.0 Å². The minimum absolute atomic E-state index is 0.120. The third-order valence-corrected chi connectivity index (χ3v) is 3.11. The molecule has 19 heavy (non-hydrogen) atoms. The van der Waals surface area contributed by atoms with Crippen molar-refractivity contribution in [3.05, 3.63) is 34.3 Å². The molecule has 0 saturated carbocycles. The Labute approximate surface area is 121 Å². The van der Waals surface area contributed by atoms with Crippen LogP contribution in [0.5, 0.6) is 0 Å². The van der Waals surface area contributed by atoms with E-state index in [-0.39, 0.29) is 18.2 Å². The van der Waals surface area contributed by atoms with E-state index in [1.807, 2.05) is 38.1 Å². The summed E-state index contributed by atoms with van der Waals surface area (Å²) in [5.74, 6) is -0.808. The number of amides is 1. The molecule has 0 saturated heterocycles. The third-order valence-electron chi connectivity index (χ3n) is 2.58. The number of benzene rings is 1. The van der Waals surface area contributed by atoms with Crippen LogP contribution < -0.4 is 5.32 Å². The van der Waals surface area contributed by atoms with Gasteiger partial charge in [-0.25, -0.2) is 0 Å². The lowest BCUT2D eigenvalue weighted by Gasteiger charge is -2.18. The lowest BCUT2D eigenvalue weighted by atomic mass is 10.0. The van der Waals surface area contributed by atoms with Gasteiger partial charge in [0.15, 0.2) is 0 Å². The highest BCUT2D eigenvalue weighted by molar-refractivity contribution is 9.10. The maximum Gasteiger partial charge on any atom is 0.305 e. The zero-order valence-corrected chi connectivity index (χ0v) is 12.6. The molecule has 1 atom stereocenters. The molecule has 1 unspecified atom stereocenters. The van der Waals surface area contributed by atoms with E-state index in [0.717, 1.165) is 10.0 Å². The van der Waals surface area contributed by atoms with Crippen LogP contribution in [0, 0.1) is 5.92 Å². The second-order valence-corrected chi connectivity index (χ2v) is 5.78. The fourth-order valence-electron chi connectivity index (χ4n) is 1.75. The molecule has 5 heteroatoms. The monoisotopic (exact) mass is 327 g/mol. The summed E-state index contributed by atoms with van der Waals surface area (Å²) < 4.78 is 0.916. The van der Waals surface area contributed by atoms with Gasteiger partial charge in [-0.2, -0.15) is 0 Å². The first-order valence-electron chi connectivity index (χ1n) is 6.15. The average molecular weight is 328 g/mol. The van der Waals surface area contributed by atoms with Crippen LogP contribution in [-0.2, 0) is 9.59 Å². The molecule has 104 valence electrons. The van der Waals surface area contributed by atoms with Crippen LogP contribution in [0.25, 0.3) is 0 Å². The molecule has 4 nitrogen and oxygen atoms in total. The highest BCUT2D eigenvalue weighted by Gasteiger charge is 2.18. The molecule has 0 aliphatic rings. The molecule has 1 rings (SSSR count). The number of carbonyl (C=O) groups is 2. The van der Waals surface area contributed by atoms with E-state index in [9.17, 15) is 9.59 Å². The van der Waals surface area contributed by atoms with Crippen molar-refractivity contribution in [1.29, 1.82) is 0 Å². The van der Waals surface area contributed by atoms with Crippen molar-refractivity contribution in [2.75, 3.05) is 0 Å². The van der Waals surface area contributed by atoms with Crippen molar-refractivity contribution in [1.82, 2.24) is 5.32 Å². The second-order valence-electron chi connectivity index (χ2n) is 4.87. The third kappa shape index (κ3) is 5.87. The van der Waals surface area contributed by atoms with E-state index in [1.54, 1.807) is 0 Å². The summed E-state index contributed by atoms with van der Waals surface area (Å²) >= 11 is 3.33. The maximum atomic E-state index is 11.8. The van der Waals surface area contributed by atoms with Crippen molar-refractivity contribution in [3.8, 4) is 0 Å². The molecule has 0 aliphatic heterocycles. The molecular formula is C14H18BrNO3. The number of carboxylic acids is 1. The van der Waals surface area contributed by atoms with Gasteiger partial charge in [-0.3, -0.25) is 9.59 Å². The molecule has 0 aliphatic carbocycles. The second kappa shape index (κ2) is 7.28. The van der Waals surface area contributed by atoms with Gasteiger partial charge in [0.2, 0.25) is 5.91 Å². The number of rotatable bonds is 6. The number of aliphatic carboxylic acids is 1. The Morgan fingerprint density at radius 2 is 1.79 bits per heavy atom. The van der Waals surface area contributed by atoms with Gasteiger partial charge in [0.25, 0.3) is 0 Å². The van der Waals surface area contributed by atoms with E-state index in [0.29, 0.717) is 6.42 Å². The van der Waals surface area contributed by atoms with Gasteiger partial charge in [-0.05, 0) is 23.6 Å². The molecule has 0 aromatic heterocycles. The molecule has 1 aromatic carbocycles. The molecule has 0 fully saturated rings. The molecule has 0 heterocycles. The highest BCUT2D eigenvalue weighted by atomic mass is 79.9. The first-order valence-corrected chi connectivity index (χ1v) is 6.94. The topological polar surface area (TPSA) is 66.4 Å². The van der Waals surface area contributed by atoms with Gasteiger partial charge in [0.05, 0.1) is 12.5 Å². The van der Waals surface area contributed by atoms with Crippen molar-refractivity contribution < 1.29 is 14.7 Å². The van der Waals surface area contributed by atoms with E-state index in [2.05, 4.69) is 21.2 Å². The minimum atomic E-state index is -0.933. The number of hydrogen-bond acceptors (Lipinski definition) is 2. The predicted molar refractivity (Wildman–Crippen MR) is 76.7 cm³/mol. The number of halogens is 1. The van der Waals surface area contributed by atoms with Gasteiger partial charge >= 0.3 is 5.97 Å². The lowest BCUT2D eigenvalue weighted by Crippen LogP contribution is -2.30. The Balaban J connectivity index is 2.79. The summed E-state index contributed by atoms with van der Waals surface area (Å²) in [6.07, 6.45) is 0.276. The summed E-state index contributed by atoms with van der Waals surface area (Å²) in [6, 6.07) is 6.80. The fourth-order valence-corrected chi connectivity index (χ4v) is 2.01. The normalized spacial score (nSPS) is 12.2. The molecule has 0 radical (unpaired) electrons. The highest BCUT2D eigenvalue weighted by Crippen LogP contribution is 2.20. The van der Waals surface area contributed by atoms with Gasteiger partial charge in [-0.15, -0.1) is 0 Å². The van der Waals surface area contributed by atoms with Crippen LogP contribution >= 0.6 is 15.9 Å². The zero-order chi connectivity index (χ0) is 14.4. The number of carboxylic acid groups (broad SMARTS) is 1. The largest absolute Gasteiger partial charge is 0.481 e. The van der Waals surface area contributed by atoms with E-state index in [1.165, 1.54) is 0 Å². The number of nitrogens with one attached hydrogen (secondary N) is 1. The van der Waals surface area contributed by atoms with Gasteiger partial charge in [-0.1, -0.05) is 41.9 Å². The predicted octanol–water partition coefficient (Wildman–Crippen LogP) is 3.13. The Bertz CT molecular complexity index is 443. The number of hydrogen-bond donors (Lipinski definition) is 2. The van der Waals surface area contributed by atoms with Crippen LogP contribution in [0.3, 0.4) is 0 Å². The van der Waals surface area contributed by atoms with Gasteiger partial charge in [0, 0.05) is 10.9 Å². The molecule has 0 spiro atoms. The standard InChI is InChI=1S/C14H18BrNO3/c1-9(2)7-13(17)16-12(8-14(18)19)10-3-5-11(15)6-4-10/h3-6,9,12H,7-8H2,1-2H3,(H,16,17)(H,18,19). The van der Waals surface area contributed by atoms with Crippen molar-refractivity contribution in [2.45, 2.75) is 32.7 Å². The lowest BCUT2D eigenvalue weighted by molar-refractivity contribution is -0.137. The summed E-state index contributed by atoms with van der Waals surface area (Å²) in [4.78, 5) is 22.7. The van der Waals surface area contributed by atoms with Gasteiger partial charge in [0.1, 0.15) is 0 Å². The van der Waals surface area contributed by atoms with E-state index in [4.69, 9.17) is 5.11 Å². The average Bonchev–Trinajstić information content (AvgIpc) is 2.27. The van der Waals surface area contributed by atoms with Crippen LogP contribution in [0.15, 0.2) is 28.7 Å².